The van der Waals surface area contributed by atoms with Crippen molar-refractivity contribution < 1.29 is 27.4 Å². The van der Waals surface area contributed by atoms with Crippen LogP contribution in [0.2, 0.25) is 0 Å². The molecule has 3 aromatic rings. The van der Waals surface area contributed by atoms with E-state index in [1.807, 2.05) is 43.3 Å². The van der Waals surface area contributed by atoms with Crippen LogP contribution in [-0.2, 0) is 6.54 Å². The first-order valence-corrected chi connectivity index (χ1v) is 9.75. The average molecular weight is 431 g/mol. The highest BCUT2D eigenvalue weighted by Crippen LogP contribution is 2.33. The lowest BCUT2D eigenvalue weighted by Gasteiger charge is -2.24. The van der Waals surface area contributed by atoms with Gasteiger partial charge in [0.1, 0.15) is 5.75 Å². The second kappa shape index (κ2) is 9.64. The molecule has 0 bridgehead atoms. The van der Waals surface area contributed by atoms with Crippen LogP contribution in [0.4, 0.5) is 18.9 Å². The Bertz CT molecular complexity index is 1000. The zero-order valence-corrected chi connectivity index (χ0v) is 17.6. The minimum Gasteiger partial charge on any atom is -0.493 e. The first-order valence-electron chi connectivity index (χ1n) is 9.75. The topological polar surface area (TPSA) is 30.9 Å². The normalized spacial score (nSPS) is 11.2. The lowest BCUT2D eigenvalue weighted by Crippen LogP contribution is -2.22. The van der Waals surface area contributed by atoms with Crippen LogP contribution in [0.15, 0.2) is 66.7 Å². The van der Waals surface area contributed by atoms with Gasteiger partial charge >= 0.3 is 6.36 Å². The number of alkyl halides is 3. The van der Waals surface area contributed by atoms with Gasteiger partial charge in [-0.1, -0.05) is 24.3 Å². The molecular formula is C24H24F3NO3. The number of halogens is 3. The minimum absolute atomic E-state index is 0.234. The number of rotatable bonds is 8. The van der Waals surface area contributed by atoms with E-state index < -0.39 is 6.36 Å². The monoisotopic (exact) mass is 431 g/mol. The van der Waals surface area contributed by atoms with Crippen molar-refractivity contribution in [3.05, 3.63) is 72.3 Å². The molecule has 7 heteroatoms. The summed E-state index contributed by atoms with van der Waals surface area (Å²) >= 11 is 0. The fourth-order valence-electron chi connectivity index (χ4n) is 3.33. The molecule has 0 unspecified atom stereocenters. The molecule has 0 saturated carbocycles. The summed E-state index contributed by atoms with van der Waals surface area (Å²) in [5, 5.41) is 0. The Morgan fingerprint density at radius 3 is 2.10 bits per heavy atom. The lowest BCUT2D eigenvalue weighted by atomic mass is 10.0. The van der Waals surface area contributed by atoms with Crippen molar-refractivity contribution in [3.63, 3.8) is 0 Å². The Labute approximate surface area is 179 Å². The molecule has 0 radical (unpaired) electrons. The molecule has 0 spiro atoms. The maximum Gasteiger partial charge on any atom is 0.573 e. The number of benzene rings is 3. The van der Waals surface area contributed by atoms with E-state index in [0.717, 1.165) is 22.4 Å². The molecule has 3 rings (SSSR count). The van der Waals surface area contributed by atoms with E-state index in [9.17, 15) is 13.2 Å². The second-order valence-corrected chi connectivity index (χ2v) is 6.83. The highest BCUT2D eigenvalue weighted by atomic mass is 19.4. The van der Waals surface area contributed by atoms with Crippen LogP contribution < -0.4 is 19.1 Å². The van der Waals surface area contributed by atoms with Gasteiger partial charge in [-0.2, -0.15) is 0 Å². The quantitative estimate of drug-likeness (QED) is 0.419. The summed E-state index contributed by atoms with van der Waals surface area (Å²) in [6.07, 6.45) is -4.70. The lowest BCUT2D eigenvalue weighted by molar-refractivity contribution is -0.274. The molecule has 0 aliphatic rings. The summed E-state index contributed by atoms with van der Waals surface area (Å²) in [4.78, 5) is 2.07. The van der Waals surface area contributed by atoms with Crippen molar-refractivity contribution in [2.24, 2.45) is 0 Å². The van der Waals surface area contributed by atoms with Crippen LogP contribution in [-0.4, -0.2) is 27.1 Å². The van der Waals surface area contributed by atoms with Gasteiger partial charge in [0.25, 0.3) is 0 Å². The largest absolute Gasteiger partial charge is 0.573 e. The van der Waals surface area contributed by atoms with Crippen molar-refractivity contribution >= 4 is 5.69 Å². The maximum atomic E-state index is 12.4. The smallest absolute Gasteiger partial charge is 0.493 e. The highest BCUT2D eigenvalue weighted by molar-refractivity contribution is 5.68. The SMILES string of the molecule is CCN(Cc1cccc(-c2ccc(OC)c(OC)c2)c1)c1ccc(OC(F)(F)F)cc1. The Balaban J connectivity index is 1.79. The second-order valence-electron chi connectivity index (χ2n) is 6.83. The number of nitrogens with zero attached hydrogens (tertiary/aromatic N) is 1. The molecule has 0 heterocycles. The van der Waals surface area contributed by atoms with E-state index >= 15 is 0 Å². The first kappa shape index (κ1) is 22.3. The molecule has 31 heavy (non-hydrogen) atoms. The third kappa shape index (κ3) is 5.84. The number of methoxy groups -OCH3 is 2. The van der Waals surface area contributed by atoms with Crippen LogP contribution in [0.3, 0.4) is 0 Å². The van der Waals surface area contributed by atoms with E-state index in [1.165, 1.54) is 12.1 Å². The number of hydrogen-bond acceptors (Lipinski definition) is 4. The summed E-state index contributed by atoms with van der Waals surface area (Å²) in [5.41, 5.74) is 3.91. The summed E-state index contributed by atoms with van der Waals surface area (Å²) in [6, 6.07) is 19.8. The van der Waals surface area contributed by atoms with Crippen molar-refractivity contribution in [2.45, 2.75) is 19.8 Å². The van der Waals surface area contributed by atoms with Crippen molar-refractivity contribution in [1.82, 2.24) is 0 Å². The number of ether oxygens (including phenoxy) is 3. The summed E-state index contributed by atoms with van der Waals surface area (Å²) < 4.78 is 51.8. The fraction of sp³-hybridized carbons (Fsp3) is 0.250. The predicted octanol–water partition coefficient (Wildman–Crippen LogP) is 6.30. The Kier molecular flexibility index (Phi) is 6.95. The fourth-order valence-corrected chi connectivity index (χ4v) is 3.33. The van der Waals surface area contributed by atoms with Crippen LogP contribution in [0.1, 0.15) is 12.5 Å². The van der Waals surface area contributed by atoms with Gasteiger partial charge in [0.05, 0.1) is 14.2 Å². The maximum absolute atomic E-state index is 12.4. The van der Waals surface area contributed by atoms with Crippen LogP contribution in [0.25, 0.3) is 11.1 Å². The third-order valence-electron chi connectivity index (χ3n) is 4.83. The molecular weight excluding hydrogens is 407 g/mol. The molecule has 0 N–H and O–H groups in total. The zero-order chi connectivity index (χ0) is 22.4. The molecule has 0 amide bonds. The number of hydrogen-bond donors (Lipinski definition) is 0. The summed E-state index contributed by atoms with van der Waals surface area (Å²) in [7, 11) is 3.20. The van der Waals surface area contributed by atoms with E-state index in [0.29, 0.717) is 24.6 Å². The van der Waals surface area contributed by atoms with Crippen molar-refractivity contribution in [3.8, 4) is 28.4 Å². The first-order chi connectivity index (χ1) is 14.8. The van der Waals surface area contributed by atoms with Crippen LogP contribution in [0, 0.1) is 0 Å². The Morgan fingerprint density at radius 1 is 0.806 bits per heavy atom. The molecule has 0 aromatic heterocycles. The molecule has 0 fully saturated rings. The summed E-state index contributed by atoms with van der Waals surface area (Å²) in [5.74, 6) is 1.09. The van der Waals surface area contributed by atoms with Crippen molar-refractivity contribution in [1.29, 1.82) is 0 Å². The average Bonchev–Trinajstić information content (AvgIpc) is 2.76. The molecule has 4 nitrogen and oxygen atoms in total. The van der Waals surface area contributed by atoms with Gasteiger partial charge in [-0.3, -0.25) is 0 Å². The van der Waals surface area contributed by atoms with E-state index in [1.54, 1.807) is 26.4 Å². The van der Waals surface area contributed by atoms with Gasteiger partial charge in [-0.05, 0) is 66.1 Å². The zero-order valence-electron chi connectivity index (χ0n) is 17.6. The standard InChI is InChI=1S/C24H24F3NO3/c1-4-28(20-9-11-21(12-10-20)31-24(25,26)27)16-17-6-5-7-18(14-17)19-8-13-22(29-2)23(15-19)30-3/h5-15H,4,16H2,1-3H3. The van der Waals surface area contributed by atoms with Gasteiger partial charge in [-0.25, -0.2) is 0 Å². The molecule has 0 aliphatic carbocycles. The van der Waals surface area contributed by atoms with Gasteiger partial charge in [0.2, 0.25) is 0 Å². The Hall–Kier alpha value is -3.35. The third-order valence-corrected chi connectivity index (χ3v) is 4.83. The van der Waals surface area contributed by atoms with Gasteiger partial charge in [-0.15, -0.1) is 13.2 Å². The Morgan fingerprint density at radius 2 is 1.48 bits per heavy atom. The van der Waals surface area contributed by atoms with Gasteiger partial charge in [0, 0.05) is 18.8 Å². The van der Waals surface area contributed by atoms with Crippen LogP contribution in [0.5, 0.6) is 17.2 Å². The summed E-state index contributed by atoms with van der Waals surface area (Å²) in [6.45, 7) is 3.30. The van der Waals surface area contributed by atoms with E-state index in [4.69, 9.17) is 9.47 Å². The van der Waals surface area contributed by atoms with Gasteiger partial charge < -0.3 is 19.1 Å². The van der Waals surface area contributed by atoms with Crippen molar-refractivity contribution in [2.75, 3.05) is 25.7 Å². The molecule has 0 saturated heterocycles. The van der Waals surface area contributed by atoms with E-state index in [2.05, 4.69) is 15.7 Å². The molecule has 0 aliphatic heterocycles. The van der Waals surface area contributed by atoms with Crippen LogP contribution >= 0.6 is 0 Å². The minimum atomic E-state index is -4.70. The van der Waals surface area contributed by atoms with Gasteiger partial charge in [0.15, 0.2) is 11.5 Å². The predicted molar refractivity (Wildman–Crippen MR) is 115 cm³/mol. The number of anilines is 1. The molecule has 0 atom stereocenters. The molecule has 3 aromatic carbocycles. The molecule has 164 valence electrons. The van der Waals surface area contributed by atoms with E-state index in [-0.39, 0.29) is 5.75 Å². The highest BCUT2D eigenvalue weighted by Gasteiger charge is 2.31.